The van der Waals surface area contributed by atoms with Crippen LogP contribution < -0.4 is 0 Å². The van der Waals surface area contributed by atoms with Crippen LogP contribution in [-0.2, 0) is 4.79 Å². The maximum absolute atomic E-state index is 11.0. The second-order valence-electron chi connectivity index (χ2n) is 5.53. The van der Waals surface area contributed by atoms with E-state index in [9.17, 15) is 9.90 Å². The van der Waals surface area contributed by atoms with Gasteiger partial charge in [-0.15, -0.1) is 0 Å². The van der Waals surface area contributed by atoms with E-state index in [4.69, 9.17) is 5.11 Å². The number of hydrogen-bond donors (Lipinski definition) is 2. The van der Waals surface area contributed by atoms with Crippen LogP contribution in [-0.4, -0.2) is 46.3 Å². The van der Waals surface area contributed by atoms with Crippen LogP contribution in [0.2, 0.25) is 0 Å². The number of carboxylic acids is 1. The number of nitrogens with zero attached hydrogens (tertiary/aromatic N) is 1. The molecule has 1 saturated heterocycles. The van der Waals surface area contributed by atoms with Gasteiger partial charge in [0.25, 0.3) is 0 Å². The smallest absolute Gasteiger partial charge is 0.320 e. The molecule has 2 aliphatic rings. The fraction of sp³-hybridized carbons (Fsp3) is 0.923. The zero-order valence-electron chi connectivity index (χ0n) is 10.3. The van der Waals surface area contributed by atoms with Crippen molar-refractivity contribution in [3.05, 3.63) is 0 Å². The van der Waals surface area contributed by atoms with Crippen LogP contribution in [0.4, 0.5) is 0 Å². The second-order valence-corrected chi connectivity index (χ2v) is 5.53. The highest BCUT2D eigenvalue weighted by molar-refractivity contribution is 5.73. The predicted molar refractivity (Wildman–Crippen MR) is 64.8 cm³/mol. The van der Waals surface area contributed by atoms with E-state index in [1.54, 1.807) is 0 Å². The summed E-state index contributed by atoms with van der Waals surface area (Å²) in [5.41, 5.74) is 0. The van der Waals surface area contributed by atoms with Crippen LogP contribution in [0.15, 0.2) is 0 Å². The largest absolute Gasteiger partial charge is 0.480 e. The van der Waals surface area contributed by atoms with Gasteiger partial charge in [-0.05, 0) is 31.7 Å². The van der Waals surface area contributed by atoms with Gasteiger partial charge in [0.1, 0.15) is 6.04 Å². The summed E-state index contributed by atoms with van der Waals surface area (Å²) in [6, 6.07) is -0.367. The molecule has 0 spiro atoms. The maximum atomic E-state index is 11.0. The molecular weight excluding hydrogens is 218 g/mol. The molecule has 0 aromatic heterocycles. The fourth-order valence-electron chi connectivity index (χ4n) is 3.30. The van der Waals surface area contributed by atoms with Crippen molar-refractivity contribution in [3.63, 3.8) is 0 Å². The minimum Gasteiger partial charge on any atom is -0.480 e. The number of aliphatic hydroxyl groups excluding tert-OH is 1. The number of rotatable bonds is 5. The monoisotopic (exact) mass is 241 g/mol. The van der Waals surface area contributed by atoms with Crippen LogP contribution in [0.25, 0.3) is 0 Å². The van der Waals surface area contributed by atoms with Gasteiger partial charge in [0, 0.05) is 6.54 Å². The second kappa shape index (κ2) is 5.83. The molecule has 1 aliphatic heterocycles. The first-order chi connectivity index (χ1) is 8.16. The first-order valence-electron chi connectivity index (χ1n) is 6.81. The molecule has 0 amide bonds. The lowest BCUT2D eigenvalue weighted by molar-refractivity contribution is -0.142. The molecule has 2 N–H and O–H groups in total. The summed E-state index contributed by atoms with van der Waals surface area (Å²) >= 11 is 0. The summed E-state index contributed by atoms with van der Waals surface area (Å²) in [5.74, 6) is -0.0774. The van der Waals surface area contributed by atoms with Gasteiger partial charge in [0.2, 0.25) is 0 Å². The lowest BCUT2D eigenvalue weighted by atomic mass is 10.00. The lowest BCUT2D eigenvalue weighted by Gasteiger charge is -2.25. The standard InChI is InChI=1S/C13H23NO3/c15-11(8-10-4-1-2-5-10)9-14-7-3-6-12(14)13(16)17/h10-12,15H,1-9H2,(H,16,17). The molecule has 0 radical (unpaired) electrons. The third-order valence-electron chi connectivity index (χ3n) is 4.17. The van der Waals surface area contributed by atoms with E-state index in [0.29, 0.717) is 12.5 Å². The van der Waals surface area contributed by atoms with Gasteiger partial charge in [-0.2, -0.15) is 0 Å². The third-order valence-corrected chi connectivity index (χ3v) is 4.17. The summed E-state index contributed by atoms with van der Waals surface area (Å²) in [5, 5.41) is 19.1. The molecule has 1 saturated carbocycles. The Labute approximate surface area is 103 Å². The number of β-amino-alcohol motifs (C(OH)–C–C–N with tert-alkyl or cyclic N) is 1. The Kier molecular flexibility index (Phi) is 4.40. The van der Waals surface area contributed by atoms with Crippen molar-refractivity contribution in [1.82, 2.24) is 4.90 Å². The van der Waals surface area contributed by atoms with Crippen LogP contribution in [0, 0.1) is 5.92 Å². The van der Waals surface area contributed by atoms with Crippen molar-refractivity contribution in [1.29, 1.82) is 0 Å². The normalized spacial score (nSPS) is 28.6. The fourth-order valence-corrected chi connectivity index (χ4v) is 3.30. The molecule has 4 nitrogen and oxygen atoms in total. The minimum atomic E-state index is -0.740. The molecule has 0 aromatic rings. The summed E-state index contributed by atoms with van der Waals surface area (Å²) in [4.78, 5) is 12.9. The van der Waals surface area contributed by atoms with E-state index in [0.717, 1.165) is 25.8 Å². The Morgan fingerprint density at radius 3 is 2.59 bits per heavy atom. The van der Waals surface area contributed by atoms with E-state index in [1.165, 1.54) is 25.7 Å². The number of carbonyl (C=O) groups is 1. The topological polar surface area (TPSA) is 60.8 Å². The number of hydrogen-bond acceptors (Lipinski definition) is 3. The maximum Gasteiger partial charge on any atom is 0.320 e. The molecule has 4 heteroatoms. The Bertz CT molecular complexity index is 263. The van der Waals surface area contributed by atoms with Crippen molar-refractivity contribution in [2.75, 3.05) is 13.1 Å². The molecule has 17 heavy (non-hydrogen) atoms. The quantitative estimate of drug-likeness (QED) is 0.765. The van der Waals surface area contributed by atoms with Gasteiger partial charge in [-0.3, -0.25) is 9.69 Å². The molecular formula is C13H23NO3. The molecule has 2 rings (SSSR count). The molecule has 98 valence electrons. The van der Waals surface area contributed by atoms with Crippen molar-refractivity contribution < 1.29 is 15.0 Å². The van der Waals surface area contributed by atoms with Crippen molar-refractivity contribution >= 4 is 5.97 Å². The van der Waals surface area contributed by atoms with Crippen LogP contribution in [0.5, 0.6) is 0 Å². The summed E-state index contributed by atoms with van der Waals surface area (Å²) in [7, 11) is 0. The molecule has 2 unspecified atom stereocenters. The lowest BCUT2D eigenvalue weighted by Crippen LogP contribution is -2.41. The number of likely N-dealkylation sites (tertiary alicyclic amines) is 1. The molecule has 2 fully saturated rings. The van der Waals surface area contributed by atoms with Crippen LogP contribution >= 0.6 is 0 Å². The molecule has 0 bridgehead atoms. The average molecular weight is 241 g/mol. The summed E-state index contributed by atoms with van der Waals surface area (Å²) < 4.78 is 0. The van der Waals surface area contributed by atoms with Gasteiger partial charge in [-0.1, -0.05) is 25.7 Å². The summed E-state index contributed by atoms with van der Waals surface area (Å²) in [6.45, 7) is 1.35. The van der Waals surface area contributed by atoms with Crippen molar-refractivity contribution in [2.45, 2.75) is 57.1 Å². The molecule has 1 heterocycles. The highest BCUT2D eigenvalue weighted by Gasteiger charge is 2.32. The summed E-state index contributed by atoms with van der Waals surface area (Å²) in [6.07, 6.45) is 7.22. The SMILES string of the molecule is O=C(O)C1CCCN1CC(O)CC1CCCC1. The highest BCUT2D eigenvalue weighted by Crippen LogP contribution is 2.29. The Balaban J connectivity index is 1.76. The highest BCUT2D eigenvalue weighted by atomic mass is 16.4. The van der Waals surface area contributed by atoms with Crippen LogP contribution in [0.1, 0.15) is 44.9 Å². The first-order valence-corrected chi connectivity index (χ1v) is 6.81. The zero-order chi connectivity index (χ0) is 12.3. The van der Waals surface area contributed by atoms with E-state index in [-0.39, 0.29) is 12.1 Å². The van der Waals surface area contributed by atoms with E-state index in [2.05, 4.69) is 0 Å². The Hall–Kier alpha value is -0.610. The van der Waals surface area contributed by atoms with E-state index < -0.39 is 5.97 Å². The number of aliphatic hydroxyl groups is 1. The van der Waals surface area contributed by atoms with Gasteiger partial charge in [0.05, 0.1) is 6.10 Å². The zero-order valence-corrected chi connectivity index (χ0v) is 10.3. The van der Waals surface area contributed by atoms with E-state index >= 15 is 0 Å². The van der Waals surface area contributed by atoms with E-state index in [1.807, 2.05) is 4.90 Å². The third kappa shape index (κ3) is 3.42. The van der Waals surface area contributed by atoms with Gasteiger partial charge >= 0.3 is 5.97 Å². The Morgan fingerprint density at radius 1 is 1.24 bits per heavy atom. The molecule has 1 aliphatic carbocycles. The van der Waals surface area contributed by atoms with Gasteiger partial charge in [0.15, 0.2) is 0 Å². The average Bonchev–Trinajstić information content (AvgIpc) is 2.88. The Morgan fingerprint density at radius 2 is 1.94 bits per heavy atom. The number of carboxylic acid groups (broad SMARTS) is 1. The van der Waals surface area contributed by atoms with Crippen molar-refractivity contribution in [2.24, 2.45) is 5.92 Å². The first kappa shape index (κ1) is 12.8. The minimum absolute atomic E-state index is 0.349. The number of aliphatic carboxylic acids is 1. The van der Waals surface area contributed by atoms with Gasteiger partial charge < -0.3 is 10.2 Å². The predicted octanol–water partition coefficient (Wildman–Crippen LogP) is 1.48. The molecule has 0 aromatic carbocycles. The molecule has 2 atom stereocenters. The van der Waals surface area contributed by atoms with Crippen molar-refractivity contribution in [3.8, 4) is 0 Å². The van der Waals surface area contributed by atoms with Gasteiger partial charge in [-0.25, -0.2) is 0 Å². The van der Waals surface area contributed by atoms with Crippen LogP contribution in [0.3, 0.4) is 0 Å².